The molecule has 0 bridgehead atoms. The number of benzene rings is 1. The fraction of sp³-hybridized carbons (Fsp3) is 0.182. The van der Waals surface area contributed by atoms with Crippen molar-refractivity contribution in [3.8, 4) is 0 Å². The number of carbonyl (C=O) groups is 1. The summed E-state index contributed by atoms with van der Waals surface area (Å²) in [7, 11) is 0. The van der Waals surface area contributed by atoms with E-state index < -0.39 is 12.0 Å². The van der Waals surface area contributed by atoms with Gasteiger partial charge in [-0.25, -0.2) is 4.79 Å². The van der Waals surface area contributed by atoms with E-state index >= 15 is 0 Å². The molecule has 0 unspecified atom stereocenters. The number of ether oxygens (including phenoxy) is 1. The van der Waals surface area contributed by atoms with Crippen LogP contribution in [-0.4, -0.2) is 12.6 Å². The maximum Gasteiger partial charge on any atom is 0.338 e. The topological polar surface area (TPSA) is 26.3 Å². The van der Waals surface area contributed by atoms with E-state index in [0.29, 0.717) is 17.7 Å². The summed E-state index contributed by atoms with van der Waals surface area (Å²) in [4.78, 5) is 11.2. The Labute approximate surface area is 86.2 Å². The van der Waals surface area contributed by atoms with Crippen molar-refractivity contribution < 1.29 is 18.3 Å². The molecule has 0 fully saturated rings. The van der Waals surface area contributed by atoms with Gasteiger partial charge in [0.05, 0.1) is 12.2 Å². The molecule has 0 saturated carbocycles. The third-order valence-electron chi connectivity index (χ3n) is 1.70. The van der Waals surface area contributed by atoms with Crippen LogP contribution in [0.25, 0.3) is 6.08 Å². The van der Waals surface area contributed by atoms with Crippen molar-refractivity contribution in [2.75, 3.05) is 6.61 Å². The molecule has 2 nitrogen and oxygen atoms in total. The predicted molar refractivity (Wildman–Crippen MR) is 52.6 cm³/mol. The number of halogens is 2. The van der Waals surface area contributed by atoms with E-state index in [1.807, 2.05) is 0 Å². The Hall–Kier alpha value is -1.71. The molecular formula is C11H10F2O2. The highest BCUT2D eigenvalue weighted by atomic mass is 19.3. The molecule has 1 aromatic rings. The number of carbonyl (C=O) groups excluding carboxylic acids is 1. The van der Waals surface area contributed by atoms with E-state index in [9.17, 15) is 13.6 Å². The van der Waals surface area contributed by atoms with Gasteiger partial charge in [0.1, 0.15) is 0 Å². The van der Waals surface area contributed by atoms with Crippen LogP contribution in [0.2, 0.25) is 0 Å². The predicted octanol–water partition coefficient (Wildman–Crippen LogP) is 3.10. The Morgan fingerprint density at radius 3 is 2.40 bits per heavy atom. The lowest BCUT2D eigenvalue weighted by Gasteiger charge is -2.01. The van der Waals surface area contributed by atoms with Crippen LogP contribution in [0.4, 0.5) is 8.78 Å². The summed E-state index contributed by atoms with van der Waals surface area (Å²) in [5.41, 5.74) is 0.705. The summed E-state index contributed by atoms with van der Waals surface area (Å²) in [5.74, 6) is -0.450. The Kier molecular flexibility index (Phi) is 3.97. The second kappa shape index (κ2) is 5.24. The summed E-state index contributed by atoms with van der Waals surface area (Å²) in [6, 6.07) is 5.77. The third kappa shape index (κ3) is 3.50. The minimum absolute atomic E-state index is 0.291. The maximum absolute atomic E-state index is 11.9. The Morgan fingerprint density at radius 1 is 1.33 bits per heavy atom. The van der Waals surface area contributed by atoms with Crippen LogP contribution in [0.3, 0.4) is 0 Å². The van der Waals surface area contributed by atoms with Crippen molar-refractivity contribution in [3.63, 3.8) is 0 Å². The van der Waals surface area contributed by atoms with E-state index in [1.165, 1.54) is 24.3 Å². The highest BCUT2D eigenvalue weighted by Crippen LogP contribution is 2.11. The van der Waals surface area contributed by atoms with Crippen LogP contribution in [0.1, 0.15) is 22.8 Å². The maximum atomic E-state index is 11.9. The van der Waals surface area contributed by atoms with Crippen molar-refractivity contribution in [3.05, 3.63) is 41.5 Å². The number of hydrogen-bond acceptors (Lipinski definition) is 2. The van der Waals surface area contributed by atoms with E-state index in [-0.39, 0.29) is 0 Å². The standard InChI is InChI=1S/C11H10F2O2/c1-2-15-11(14)9-5-3-8(4-6-9)7-10(12)13/h3-7H,2H2,1H3. The van der Waals surface area contributed by atoms with Crippen molar-refractivity contribution in [2.24, 2.45) is 0 Å². The van der Waals surface area contributed by atoms with Gasteiger partial charge in [-0.15, -0.1) is 0 Å². The van der Waals surface area contributed by atoms with Gasteiger partial charge in [0.2, 0.25) is 0 Å². The molecular weight excluding hydrogens is 202 g/mol. The van der Waals surface area contributed by atoms with Crippen molar-refractivity contribution in [1.82, 2.24) is 0 Å². The molecule has 0 spiro atoms. The third-order valence-corrected chi connectivity index (χ3v) is 1.70. The molecule has 15 heavy (non-hydrogen) atoms. The lowest BCUT2D eigenvalue weighted by molar-refractivity contribution is 0.0526. The SMILES string of the molecule is CCOC(=O)c1ccc(C=C(F)F)cc1. The quantitative estimate of drug-likeness (QED) is 0.719. The molecule has 0 amide bonds. The fourth-order valence-corrected chi connectivity index (χ4v) is 1.06. The van der Waals surface area contributed by atoms with Gasteiger partial charge in [-0.1, -0.05) is 12.1 Å². The van der Waals surface area contributed by atoms with Gasteiger partial charge in [0.25, 0.3) is 6.08 Å². The molecule has 0 heterocycles. The monoisotopic (exact) mass is 212 g/mol. The van der Waals surface area contributed by atoms with Gasteiger partial charge >= 0.3 is 5.97 Å². The average molecular weight is 212 g/mol. The molecule has 1 rings (SSSR count). The second-order valence-electron chi connectivity index (χ2n) is 2.78. The highest BCUT2D eigenvalue weighted by Gasteiger charge is 2.04. The fourth-order valence-electron chi connectivity index (χ4n) is 1.06. The first-order valence-corrected chi connectivity index (χ1v) is 4.43. The molecule has 0 saturated heterocycles. The molecule has 0 aromatic heterocycles. The van der Waals surface area contributed by atoms with E-state index in [4.69, 9.17) is 4.74 Å². The summed E-state index contributed by atoms with van der Waals surface area (Å²) in [6.45, 7) is 1.99. The van der Waals surface area contributed by atoms with Gasteiger partial charge in [-0.3, -0.25) is 0 Å². The summed E-state index contributed by atoms with van der Waals surface area (Å²) < 4.78 is 28.5. The molecule has 0 N–H and O–H groups in total. The van der Waals surface area contributed by atoms with Crippen LogP contribution >= 0.6 is 0 Å². The second-order valence-corrected chi connectivity index (χ2v) is 2.78. The van der Waals surface area contributed by atoms with Gasteiger partial charge in [-0.2, -0.15) is 8.78 Å². The van der Waals surface area contributed by atoms with Gasteiger partial charge in [0.15, 0.2) is 0 Å². The zero-order chi connectivity index (χ0) is 11.3. The van der Waals surface area contributed by atoms with E-state index in [2.05, 4.69) is 0 Å². The minimum Gasteiger partial charge on any atom is -0.462 e. The minimum atomic E-state index is -1.76. The largest absolute Gasteiger partial charge is 0.462 e. The number of hydrogen-bond donors (Lipinski definition) is 0. The summed E-state index contributed by atoms with van der Waals surface area (Å²) in [5, 5.41) is 0. The lowest BCUT2D eigenvalue weighted by Crippen LogP contribution is -2.03. The first kappa shape index (κ1) is 11.4. The Bertz CT molecular complexity index is 365. The first-order valence-electron chi connectivity index (χ1n) is 4.43. The normalized spacial score (nSPS) is 9.53. The molecule has 4 heteroatoms. The van der Waals surface area contributed by atoms with Crippen LogP contribution < -0.4 is 0 Å². The van der Waals surface area contributed by atoms with Gasteiger partial charge in [0, 0.05) is 6.08 Å². The van der Waals surface area contributed by atoms with Crippen molar-refractivity contribution in [1.29, 1.82) is 0 Å². The van der Waals surface area contributed by atoms with Crippen LogP contribution in [0.15, 0.2) is 30.3 Å². The van der Waals surface area contributed by atoms with Crippen LogP contribution in [0, 0.1) is 0 Å². The molecule has 0 atom stereocenters. The van der Waals surface area contributed by atoms with E-state index in [0.717, 1.165) is 6.08 Å². The van der Waals surface area contributed by atoms with Gasteiger partial charge in [-0.05, 0) is 24.6 Å². The van der Waals surface area contributed by atoms with Crippen molar-refractivity contribution >= 4 is 12.0 Å². The number of esters is 1. The molecule has 80 valence electrons. The molecule has 0 aliphatic rings. The lowest BCUT2D eigenvalue weighted by atomic mass is 10.1. The van der Waals surface area contributed by atoms with E-state index in [1.54, 1.807) is 6.92 Å². The van der Waals surface area contributed by atoms with Crippen LogP contribution in [0.5, 0.6) is 0 Å². The molecule has 1 aromatic carbocycles. The highest BCUT2D eigenvalue weighted by molar-refractivity contribution is 5.89. The Morgan fingerprint density at radius 2 is 1.93 bits per heavy atom. The Balaban J connectivity index is 2.81. The summed E-state index contributed by atoms with van der Waals surface area (Å²) in [6.07, 6.45) is -1.03. The van der Waals surface area contributed by atoms with Crippen molar-refractivity contribution in [2.45, 2.75) is 6.92 Å². The van der Waals surface area contributed by atoms with Crippen LogP contribution in [-0.2, 0) is 4.74 Å². The summed E-state index contributed by atoms with van der Waals surface area (Å²) >= 11 is 0. The first-order chi connectivity index (χ1) is 7.13. The van der Waals surface area contributed by atoms with Gasteiger partial charge < -0.3 is 4.74 Å². The molecule has 0 radical (unpaired) electrons. The molecule has 0 aliphatic heterocycles. The number of rotatable bonds is 3. The zero-order valence-corrected chi connectivity index (χ0v) is 8.17. The average Bonchev–Trinajstić information content (AvgIpc) is 2.18. The molecule has 0 aliphatic carbocycles. The smallest absolute Gasteiger partial charge is 0.338 e. The zero-order valence-electron chi connectivity index (χ0n) is 8.17.